The monoisotopic (exact) mass is 749 g/mol. The summed E-state index contributed by atoms with van der Waals surface area (Å²) >= 11 is 0. The molecule has 3 heterocycles. The number of ether oxygens (including phenoxy) is 3. The van der Waals surface area contributed by atoms with Gasteiger partial charge in [-0.05, 0) is 42.2 Å². The van der Waals surface area contributed by atoms with Gasteiger partial charge in [0.05, 0.1) is 25.3 Å². The van der Waals surface area contributed by atoms with Gasteiger partial charge < -0.3 is 33.7 Å². The van der Waals surface area contributed by atoms with Crippen molar-refractivity contribution in [1.29, 1.82) is 0 Å². The summed E-state index contributed by atoms with van der Waals surface area (Å²) in [5.74, 6) is -6.00. The standard InChI is InChI=1S/C34H38F2N3O12P/c1-19(2)28(31(43)48-16-21-7-5-4-6-8-21)38-52(45,46)49-18-26-30(42)34(35,36)32(51-26)39-10-9-24(37-33(39)44)14-27(41)47-17-25-13-22-11-20(3)12-23(15-40)29(22)50-25/h4-13,19,26,28,30,32,40,42H,14-18H2,1-3H3,(H2,38,45,46)/t26-,28+,30-,32-/m1/s1. The second-order valence-electron chi connectivity index (χ2n) is 12.6. The molecule has 2 aromatic carbocycles. The average Bonchev–Trinajstić information content (AvgIpc) is 3.61. The SMILES string of the molecule is Cc1cc(CO)c2oc(COC(=O)Cc3ccn([C@@H]4O[C@H](COP(=O)(O)N[C@H](C(=O)OCc5ccccc5)C(C)C)[C@@H](O)C4(F)F)c(=O)n3)cc2c1. The summed E-state index contributed by atoms with van der Waals surface area (Å²) in [5, 5.41) is 22.8. The van der Waals surface area contributed by atoms with E-state index in [4.69, 9.17) is 23.2 Å². The first-order chi connectivity index (χ1) is 24.6. The molecule has 0 bridgehead atoms. The minimum Gasteiger partial charge on any atom is -0.460 e. The molecule has 1 saturated heterocycles. The van der Waals surface area contributed by atoms with Gasteiger partial charge in [-0.1, -0.05) is 50.2 Å². The van der Waals surface area contributed by atoms with E-state index < -0.39 is 74.7 Å². The quantitative estimate of drug-likeness (QED) is 0.101. The van der Waals surface area contributed by atoms with Crippen molar-refractivity contribution < 1.29 is 61.2 Å². The zero-order chi connectivity index (χ0) is 37.8. The fourth-order valence-electron chi connectivity index (χ4n) is 5.49. The maximum atomic E-state index is 15.2. The number of hydrogen-bond donors (Lipinski definition) is 4. The van der Waals surface area contributed by atoms with E-state index >= 15 is 8.78 Å². The number of fused-ring (bicyclic) bond motifs is 1. The number of aryl methyl sites for hydroxylation is 1. The average molecular weight is 750 g/mol. The van der Waals surface area contributed by atoms with Gasteiger partial charge in [0.15, 0.2) is 6.10 Å². The van der Waals surface area contributed by atoms with Crippen LogP contribution in [0.1, 0.15) is 48.2 Å². The van der Waals surface area contributed by atoms with E-state index in [-0.39, 0.29) is 25.5 Å². The predicted octanol–water partition coefficient (Wildman–Crippen LogP) is 3.44. The molecular formula is C34H38F2N3O12P. The first-order valence-corrected chi connectivity index (χ1v) is 17.7. The molecule has 5 atom stereocenters. The third-order valence-electron chi connectivity index (χ3n) is 8.14. The van der Waals surface area contributed by atoms with Crippen LogP contribution in [0.15, 0.2) is 70.0 Å². The highest BCUT2D eigenvalue weighted by atomic mass is 31.2. The Morgan fingerprint density at radius 3 is 2.52 bits per heavy atom. The second-order valence-corrected chi connectivity index (χ2v) is 14.1. The van der Waals surface area contributed by atoms with E-state index in [2.05, 4.69) is 10.1 Å². The van der Waals surface area contributed by atoms with Gasteiger partial charge in [0.1, 0.15) is 36.7 Å². The number of halogens is 2. The maximum absolute atomic E-state index is 15.2. The van der Waals surface area contributed by atoms with Crippen LogP contribution in [0.25, 0.3) is 11.0 Å². The first-order valence-electron chi connectivity index (χ1n) is 16.1. The number of aromatic nitrogens is 2. The van der Waals surface area contributed by atoms with Crippen LogP contribution in [0, 0.1) is 12.8 Å². The third kappa shape index (κ3) is 9.16. The summed E-state index contributed by atoms with van der Waals surface area (Å²) < 4.78 is 69.9. The molecule has 0 spiro atoms. The lowest BCUT2D eigenvalue weighted by Gasteiger charge is -2.24. The Labute approximate surface area is 295 Å². The zero-order valence-corrected chi connectivity index (χ0v) is 29.2. The van der Waals surface area contributed by atoms with E-state index in [0.29, 0.717) is 32.4 Å². The van der Waals surface area contributed by atoms with E-state index in [1.54, 1.807) is 56.3 Å². The van der Waals surface area contributed by atoms with Crippen LogP contribution >= 0.6 is 7.75 Å². The van der Waals surface area contributed by atoms with Crippen LogP contribution < -0.4 is 10.8 Å². The van der Waals surface area contributed by atoms with Crippen molar-refractivity contribution in [3.05, 3.63) is 99.4 Å². The molecule has 1 aliphatic rings. The number of aliphatic hydroxyl groups excluding tert-OH is 2. The molecule has 4 aromatic rings. The molecule has 0 amide bonds. The van der Waals surface area contributed by atoms with E-state index in [1.165, 1.54) is 0 Å². The molecule has 52 heavy (non-hydrogen) atoms. The van der Waals surface area contributed by atoms with Crippen LogP contribution in [0.2, 0.25) is 0 Å². The molecule has 4 N–H and O–H groups in total. The fraction of sp³-hybridized carbons (Fsp3) is 0.412. The summed E-state index contributed by atoms with van der Waals surface area (Å²) in [5.41, 5.74) is 1.26. The molecule has 1 unspecified atom stereocenters. The van der Waals surface area contributed by atoms with Crippen LogP contribution in [0.4, 0.5) is 8.78 Å². The Morgan fingerprint density at radius 2 is 1.85 bits per heavy atom. The van der Waals surface area contributed by atoms with E-state index in [0.717, 1.165) is 17.8 Å². The minimum atomic E-state index is -4.86. The normalized spacial score (nSPS) is 20.1. The third-order valence-corrected chi connectivity index (χ3v) is 9.24. The van der Waals surface area contributed by atoms with Gasteiger partial charge in [-0.3, -0.25) is 18.7 Å². The number of alkyl halides is 2. The predicted molar refractivity (Wildman–Crippen MR) is 178 cm³/mol. The number of carbonyl (C=O) groups excluding carboxylic acids is 2. The number of furan rings is 1. The number of rotatable bonds is 15. The van der Waals surface area contributed by atoms with Gasteiger partial charge in [0.25, 0.3) is 0 Å². The van der Waals surface area contributed by atoms with Crippen molar-refractivity contribution in [2.75, 3.05) is 6.61 Å². The van der Waals surface area contributed by atoms with E-state index in [1.807, 2.05) is 13.0 Å². The highest BCUT2D eigenvalue weighted by Crippen LogP contribution is 2.45. The molecule has 1 aliphatic heterocycles. The highest BCUT2D eigenvalue weighted by Gasteiger charge is 2.60. The summed E-state index contributed by atoms with van der Waals surface area (Å²) in [4.78, 5) is 52.0. The number of esters is 2. The Morgan fingerprint density at radius 1 is 1.12 bits per heavy atom. The highest BCUT2D eigenvalue weighted by molar-refractivity contribution is 7.50. The van der Waals surface area contributed by atoms with Gasteiger partial charge >= 0.3 is 31.3 Å². The van der Waals surface area contributed by atoms with Crippen molar-refractivity contribution in [3.8, 4) is 0 Å². The van der Waals surface area contributed by atoms with Crippen molar-refractivity contribution in [1.82, 2.24) is 14.6 Å². The number of hydrogen-bond acceptors (Lipinski definition) is 12. The summed E-state index contributed by atoms with van der Waals surface area (Å²) in [6.07, 6.45) is -6.45. The van der Waals surface area contributed by atoms with Gasteiger partial charge in [0.2, 0.25) is 6.23 Å². The Hall–Kier alpha value is -4.35. The Balaban J connectivity index is 1.16. The van der Waals surface area contributed by atoms with Crippen molar-refractivity contribution in [3.63, 3.8) is 0 Å². The lowest BCUT2D eigenvalue weighted by molar-refractivity contribution is -0.148. The molecule has 0 aliphatic carbocycles. The zero-order valence-electron chi connectivity index (χ0n) is 28.3. The Bertz CT molecular complexity index is 2000. The number of nitrogens with zero attached hydrogens (tertiary/aromatic N) is 2. The molecular weight excluding hydrogens is 711 g/mol. The number of aliphatic hydroxyl groups is 2. The molecule has 2 aromatic heterocycles. The van der Waals surface area contributed by atoms with Crippen molar-refractivity contribution in [2.45, 2.75) is 77.4 Å². The summed E-state index contributed by atoms with van der Waals surface area (Å²) in [6.45, 7) is 3.37. The Kier molecular flexibility index (Phi) is 12.1. The van der Waals surface area contributed by atoms with Crippen LogP contribution in [0.5, 0.6) is 0 Å². The van der Waals surface area contributed by atoms with Gasteiger partial charge in [-0.15, -0.1) is 0 Å². The largest absolute Gasteiger partial charge is 0.460 e. The van der Waals surface area contributed by atoms with Crippen LogP contribution in [-0.2, 0) is 59.1 Å². The van der Waals surface area contributed by atoms with Crippen LogP contribution in [-0.4, -0.2) is 67.4 Å². The lowest BCUT2D eigenvalue weighted by Crippen LogP contribution is -2.42. The molecule has 15 nitrogen and oxygen atoms in total. The van der Waals surface area contributed by atoms with Crippen LogP contribution in [0.3, 0.4) is 0 Å². The molecule has 280 valence electrons. The van der Waals surface area contributed by atoms with E-state index in [9.17, 15) is 34.1 Å². The summed E-state index contributed by atoms with van der Waals surface area (Å²) in [6, 6.07) is 13.8. The first kappa shape index (κ1) is 38.9. The fourth-order valence-corrected chi connectivity index (χ4v) is 6.67. The number of benzene rings is 2. The molecule has 5 rings (SSSR count). The smallest absolute Gasteiger partial charge is 0.403 e. The lowest BCUT2D eigenvalue weighted by atomic mass is 10.1. The molecule has 0 saturated carbocycles. The van der Waals surface area contributed by atoms with Crippen molar-refractivity contribution in [2.24, 2.45) is 5.92 Å². The summed E-state index contributed by atoms with van der Waals surface area (Å²) in [7, 11) is -4.86. The molecule has 0 radical (unpaired) electrons. The number of carbonyl (C=O) groups is 2. The van der Waals surface area contributed by atoms with Gasteiger partial charge in [-0.25, -0.2) is 14.4 Å². The minimum absolute atomic E-state index is 0.101. The van der Waals surface area contributed by atoms with Gasteiger partial charge in [-0.2, -0.15) is 13.8 Å². The second kappa shape index (κ2) is 16.1. The maximum Gasteiger partial charge on any atom is 0.403 e. The van der Waals surface area contributed by atoms with Crippen molar-refractivity contribution >= 4 is 30.7 Å². The van der Waals surface area contributed by atoms with Gasteiger partial charge in [0, 0.05) is 17.1 Å². The number of nitrogens with one attached hydrogen (secondary N) is 1. The molecule has 1 fully saturated rings. The molecule has 18 heteroatoms. The topological polar surface area (TPSA) is 209 Å².